The predicted octanol–water partition coefficient (Wildman–Crippen LogP) is 1.80. The summed E-state index contributed by atoms with van der Waals surface area (Å²) in [6.45, 7) is -3.67. The molecule has 0 aromatic heterocycles. The molecule has 1 aliphatic rings. The van der Waals surface area contributed by atoms with Gasteiger partial charge in [0.2, 0.25) is 0 Å². The van der Waals surface area contributed by atoms with E-state index in [1.165, 1.54) is 32.1 Å². The minimum atomic E-state index is -3.67. The standard InChI is InChI=1S/C6H14N2.C2H7N.CHF3/c7-8-6-4-2-1-3-5-6;1-3-2;2-1(3)4/h6,8H,1-5,7H2;3H,1-2H3;1H. The highest BCUT2D eigenvalue weighted by Gasteiger charge is 2.09. The Morgan fingerprint density at radius 1 is 1.07 bits per heavy atom. The van der Waals surface area contributed by atoms with Gasteiger partial charge < -0.3 is 5.32 Å². The zero-order valence-corrected chi connectivity index (χ0v) is 9.40. The summed E-state index contributed by atoms with van der Waals surface area (Å²) in [5.41, 5.74) is 2.80. The maximum atomic E-state index is 9.67. The molecule has 6 heteroatoms. The second-order valence-corrected chi connectivity index (χ2v) is 3.25. The van der Waals surface area contributed by atoms with E-state index in [0.29, 0.717) is 6.04 Å². The second-order valence-electron chi connectivity index (χ2n) is 3.25. The molecule has 4 N–H and O–H groups in total. The van der Waals surface area contributed by atoms with Gasteiger partial charge in [-0.15, -0.1) is 0 Å². The van der Waals surface area contributed by atoms with Crippen molar-refractivity contribution in [2.75, 3.05) is 14.1 Å². The molecule has 0 aromatic rings. The van der Waals surface area contributed by atoms with Crippen molar-refractivity contribution in [1.82, 2.24) is 10.7 Å². The van der Waals surface area contributed by atoms with Crippen molar-refractivity contribution in [3.05, 3.63) is 0 Å². The molecule has 0 spiro atoms. The maximum absolute atomic E-state index is 9.67. The summed E-state index contributed by atoms with van der Waals surface area (Å²) in [6, 6.07) is 0.615. The first-order valence-corrected chi connectivity index (χ1v) is 5.05. The van der Waals surface area contributed by atoms with Gasteiger partial charge in [0.15, 0.2) is 0 Å². The van der Waals surface area contributed by atoms with Crippen LogP contribution in [-0.4, -0.2) is 26.8 Å². The van der Waals surface area contributed by atoms with E-state index in [1.54, 1.807) is 0 Å². The molecule has 0 atom stereocenters. The van der Waals surface area contributed by atoms with Crippen molar-refractivity contribution >= 4 is 0 Å². The van der Waals surface area contributed by atoms with Crippen LogP contribution in [0.2, 0.25) is 0 Å². The van der Waals surface area contributed by atoms with Crippen molar-refractivity contribution in [2.45, 2.75) is 44.8 Å². The van der Waals surface area contributed by atoms with E-state index in [2.05, 4.69) is 10.7 Å². The van der Waals surface area contributed by atoms with Crippen LogP contribution in [0.5, 0.6) is 0 Å². The van der Waals surface area contributed by atoms with Crippen molar-refractivity contribution < 1.29 is 13.2 Å². The molecular weight excluding hydrogens is 207 g/mol. The molecule has 15 heavy (non-hydrogen) atoms. The van der Waals surface area contributed by atoms with Gasteiger partial charge in [0.05, 0.1) is 0 Å². The summed E-state index contributed by atoms with van der Waals surface area (Å²) >= 11 is 0. The van der Waals surface area contributed by atoms with Gasteiger partial charge in [-0.05, 0) is 26.9 Å². The first-order valence-electron chi connectivity index (χ1n) is 5.05. The molecule has 3 nitrogen and oxygen atoms in total. The van der Waals surface area contributed by atoms with E-state index in [0.717, 1.165) is 0 Å². The van der Waals surface area contributed by atoms with Gasteiger partial charge in [0.25, 0.3) is 0 Å². The number of halogens is 3. The van der Waals surface area contributed by atoms with Crippen LogP contribution >= 0.6 is 0 Å². The molecule has 0 aromatic carbocycles. The van der Waals surface area contributed by atoms with Crippen molar-refractivity contribution in [3.63, 3.8) is 0 Å². The van der Waals surface area contributed by atoms with Crippen LogP contribution in [0.3, 0.4) is 0 Å². The Kier molecular flexibility index (Phi) is 15.6. The topological polar surface area (TPSA) is 50.1 Å². The fourth-order valence-corrected chi connectivity index (χ4v) is 1.27. The number of nitrogens with two attached hydrogens (primary N) is 1. The van der Waals surface area contributed by atoms with Crippen LogP contribution in [0, 0.1) is 0 Å². The Hall–Kier alpha value is -0.330. The predicted molar refractivity (Wildman–Crippen MR) is 56.3 cm³/mol. The van der Waals surface area contributed by atoms with Gasteiger partial charge >= 0.3 is 6.68 Å². The first-order chi connectivity index (χ1) is 7.08. The second kappa shape index (κ2) is 13.7. The van der Waals surface area contributed by atoms with E-state index in [4.69, 9.17) is 5.84 Å². The molecule has 0 saturated heterocycles. The third-order valence-electron chi connectivity index (χ3n) is 1.84. The molecule has 0 bridgehead atoms. The lowest BCUT2D eigenvalue weighted by atomic mass is 9.96. The van der Waals surface area contributed by atoms with E-state index in [-0.39, 0.29) is 0 Å². The molecule has 0 aliphatic heterocycles. The molecule has 1 saturated carbocycles. The van der Waals surface area contributed by atoms with Crippen LogP contribution in [0.4, 0.5) is 13.2 Å². The molecule has 0 unspecified atom stereocenters. The molecule has 0 radical (unpaired) electrons. The fraction of sp³-hybridized carbons (Fsp3) is 1.00. The number of nitrogens with one attached hydrogen (secondary N) is 2. The monoisotopic (exact) mass is 229 g/mol. The Morgan fingerprint density at radius 3 is 1.60 bits per heavy atom. The quantitative estimate of drug-likeness (QED) is 0.474. The van der Waals surface area contributed by atoms with E-state index >= 15 is 0 Å². The number of alkyl halides is 3. The third-order valence-corrected chi connectivity index (χ3v) is 1.84. The molecule has 94 valence electrons. The Labute approximate surface area is 89.6 Å². The van der Waals surface area contributed by atoms with Crippen LogP contribution < -0.4 is 16.6 Å². The van der Waals surface area contributed by atoms with Gasteiger partial charge in [0.1, 0.15) is 0 Å². The SMILES string of the molecule is CNC.FC(F)F.NNC1CCCCC1. The third kappa shape index (κ3) is 19.9. The van der Waals surface area contributed by atoms with Gasteiger partial charge in [-0.25, -0.2) is 0 Å². The summed E-state index contributed by atoms with van der Waals surface area (Å²) in [5.74, 6) is 5.25. The Bertz CT molecular complexity index is 106. The van der Waals surface area contributed by atoms with Gasteiger partial charge in [-0.3, -0.25) is 11.3 Å². The van der Waals surface area contributed by atoms with E-state index in [9.17, 15) is 13.2 Å². The number of rotatable bonds is 1. The maximum Gasteiger partial charge on any atom is 0.379 e. The minimum Gasteiger partial charge on any atom is -0.323 e. The minimum absolute atomic E-state index is 0.615. The number of hydrogen-bond acceptors (Lipinski definition) is 3. The van der Waals surface area contributed by atoms with Crippen molar-refractivity contribution in [1.29, 1.82) is 0 Å². The largest absolute Gasteiger partial charge is 0.379 e. The smallest absolute Gasteiger partial charge is 0.323 e. The van der Waals surface area contributed by atoms with E-state index < -0.39 is 6.68 Å². The van der Waals surface area contributed by atoms with Crippen LogP contribution in [0.15, 0.2) is 0 Å². The zero-order valence-electron chi connectivity index (χ0n) is 9.40. The summed E-state index contributed by atoms with van der Waals surface area (Å²) in [7, 11) is 3.75. The van der Waals surface area contributed by atoms with Gasteiger partial charge in [-0.2, -0.15) is 13.2 Å². The van der Waals surface area contributed by atoms with Gasteiger partial charge in [0, 0.05) is 6.04 Å². The lowest BCUT2D eigenvalue weighted by Gasteiger charge is -2.19. The Balaban J connectivity index is 0. The van der Waals surface area contributed by atoms with E-state index in [1.807, 2.05) is 14.1 Å². The lowest BCUT2D eigenvalue weighted by molar-refractivity contribution is 0.00819. The normalized spacial score (nSPS) is 16.2. The van der Waals surface area contributed by atoms with Crippen molar-refractivity contribution in [2.24, 2.45) is 5.84 Å². The molecule has 0 amide bonds. The van der Waals surface area contributed by atoms with Gasteiger partial charge in [-0.1, -0.05) is 19.3 Å². The van der Waals surface area contributed by atoms with Crippen LogP contribution in [-0.2, 0) is 0 Å². The van der Waals surface area contributed by atoms with Crippen LogP contribution in [0.1, 0.15) is 32.1 Å². The highest BCUT2D eigenvalue weighted by Crippen LogP contribution is 2.16. The fourth-order valence-electron chi connectivity index (χ4n) is 1.27. The lowest BCUT2D eigenvalue weighted by Crippen LogP contribution is -2.36. The Morgan fingerprint density at radius 2 is 1.40 bits per heavy atom. The van der Waals surface area contributed by atoms with Crippen LogP contribution in [0.25, 0.3) is 0 Å². The average molecular weight is 229 g/mol. The average Bonchev–Trinajstić information content (AvgIpc) is 2.19. The first kappa shape index (κ1) is 17.1. The molecule has 1 rings (SSSR count). The molecule has 1 fully saturated rings. The summed E-state index contributed by atoms with van der Waals surface area (Å²) in [6.07, 6.45) is 6.66. The number of hydrogen-bond donors (Lipinski definition) is 3. The highest BCUT2D eigenvalue weighted by molar-refractivity contribution is 4.68. The summed E-state index contributed by atoms with van der Waals surface area (Å²) < 4.78 is 29.0. The summed E-state index contributed by atoms with van der Waals surface area (Å²) in [4.78, 5) is 0. The number of hydrazine groups is 1. The summed E-state index contributed by atoms with van der Waals surface area (Å²) in [5, 5.41) is 2.75. The van der Waals surface area contributed by atoms with Crippen molar-refractivity contribution in [3.8, 4) is 0 Å². The molecule has 1 aliphatic carbocycles. The molecular formula is C9H22F3N3. The zero-order chi connectivity index (χ0) is 12.1. The highest BCUT2D eigenvalue weighted by atomic mass is 19.4. The molecule has 0 heterocycles.